The Morgan fingerprint density at radius 1 is 1.53 bits per heavy atom. The van der Waals surface area contributed by atoms with Gasteiger partial charge in [0.2, 0.25) is 0 Å². The van der Waals surface area contributed by atoms with Crippen LogP contribution in [0.15, 0.2) is 18.3 Å². The molecular formula is C13H15N3O3. The molecule has 1 aromatic heterocycles. The minimum atomic E-state index is -1.07. The van der Waals surface area contributed by atoms with Gasteiger partial charge in [-0.3, -0.25) is 4.79 Å². The molecule has 1 rings (SSSR count). The number of nitrogens with one attached hydrogen (secondary N) is 1. The van der Waals surface area contributed by atoms with Crippen LogP contribution in [0, 0.1) is 17.2 Å². The molecule has 0 saturated carbocycles. The van der Waals surface area contributed by atoms with E-state index in [0.717, 1.165) is 0 Å². The minimum absolute atomic E-state index is 0.0913. The SMILES string of the molecule is CCC(C)C(NC(=O)c1ccc(C#N)cn1)C(=O)O. The van der Waals surface area contributed by atoms with E-state index in [4.69, 9.17) is 10.4 Å². The number of nitrogens with zero attached hydrogens (tertiary/aromatic N) is 2. The van der Waals surface area contributed by atoms with E-state index in [0.29, 0.717) is 12.0 Å². The molecule has 0 saturated heterocycles. The van der Waals surface area contributed by atoms with E-state index in [9.17, 15) is 9.59 Å². The van der Waals surface area contributed by atoms with E-state index in [1.54, 1.807) is 6.92 Å². The zero-order valence-electron chi connectivity index (χ0n) is 10.8. The Hall–Kier alpha value is -2.42. The number of hydrogen-bond donors (Lipinski definition) is 2. The highest BCUT2D eigenvalue weighted by Gasteiger charge is 2.26. The Morgan fingerprint density at radius 2 is 2.21 bits per heavy atom. The van der Waals surface area contributed by atoms with E-state index in [-0.39, 0.29) is 11.6 Å². The van der Waals surface area contributed by atoms with Crippen molar-refractivity contribution in [3.63, 3.8) is 0 Å². The summed E-state index contributed by atoms with van der Waals surface area (Å²) in [6.07, 6.45) is 1.91. The number of carboxylic acids is 1. The first kappa shape index (κ1) is 14.6. The minimum Gasteiger partial charge on any atom is -0.480 e. The van der Waals surface area contributed by atoms with Gasteiger partial charge < -0.3 is 10.4 Å². The summed E-state index contributed by atoms with van der Waals surface area (Å²) < 4.78 is 0. The fourth-order valence-corrected chi connectivity index (χ4v) is 1.49. The smallest absolute Gasteiger partial charge is 0.326 e. The summed E-state index contributed by atoms with van der Waals surface area (Å²) in [5.74, 6) is -1.81. The van der Waals surface area contributed by atoms with Crippen LogP contribution in [0.5, 0.6) is 0 Å². The quantitative estimate of drug-likeness (QED) is 0.828. The molecule has 0 aliphatic heterocycles. The van der Waals surface area contributed by atoms with Gasteiger partial charge in [0, 0.05) is 6.20 Å². The van der Waals surface area contributed by atoms with Crippen LogP contribution in [0.4, 0.5) is 0 Å². The van der Waals surface area contributed by atoms with Gasteiger partial charge in [-0.1, -0.05) is 20.3 Å². The Bertz CT molecular complexity index is 505. The third-order valence-corrected chi connectivity index (χ3v) is 2.89. The zero-order chi connectivity index (χ0) is 14.4. The molecule has 2 unspecified atom stereocenters. The van der Waals surface area contributed by atoms with Crippen LogP contribution in [-0.2, 0) is 4.79 Å². The molecule has 0 aromatic carbocycles. The van der Waals surface area contributed by atoms with E-state index in [1.807, 2.05) is 13.0 Å². The molecular weight excluding hydrogens is 246 g/mol. The number of amides is 1. The molecule has 0 aliphatic rings. The maximum Gasteiger partial charge on any atom is 0.326 e. The molecule has 100 valence electrons. The van der Waals surface area contributed by atoms with Gasteiger partial charge in [0.25, 0.3) is 5.91 Å². The molecule has 1 aromatic rings. The summed E-state index contributed by atoms with van der Waals surface area (Å²) in [7, 11) is 0. The Kier molecular flexibility index (Phi) is 5.01. The Labute approximate surface area is 111 Å². The lowest BCUT2D eigenvalue weighted by molar-refractivity contribution is -0.140. The Morgan fingerprint density at radius 3 is 2.63 bits per heavy atom. The predicted octanol–water partition coefficient (Wildman–Crippen LogP) is 1.18. The fraction of sp³-hybridized carbons (Fsp3) is 0.385. The van der Waals surface area contributed by atoms with Crippen LogP contribution in [0.25, 0.3) is 0 Å². The summed E-state index contributed by atoms with van der Waals surface area (Å²) in [5, 5.41) is 20.1. The number of hydrogen-bond acceptors (Lipinski definition) is 4. The van der Waals surface area contributed by atoms with Gasteiger partial charge in [-0.05, 0) is 18.1 Å². The third kappa shape index (κ3) is 3.78. The number of pyridine rings is 1. The molecule has 0 fully saturated rings. The lowest BCUT2D eigenvalue weighted by atomic mass is 9.99. The second-order valence-electron chi connectivity index (χ2n) is 4.22. The number of aromatic nitrogens is 1. The number of nitriles is 1. The normalized spacial score (nSPS) is 13.1. The van der Waals surface area contributed by atoms with Gasteiger partial charge in [-0.2, -0.15) is 5.26 Å². The molecule has 0 radical (unpaired) electrons. The van der Waals surface area contributed by atoms with Crippen molar-refractivity contribution in [1.82, 2.24) is 10.3 Å². The summed E-state index contributed by atoms with van der Waals surface area (Å²) in [5.41, 5.74) is 0.432. The average Bonchev–Trinajstić information content (AvgIpc) is 2.43. The highest BCUT2D eigenvalue weighted by Crippen LogP contribution is 2.09. The highest BCUT2D eigenvalue weighted by atomic mass is 16.4. The van der Waals surface area contributed by atoms with Gasteiger partial charge >= 0.3 is 5.97 Å². The molecule has 19 heavy (non-hydrogen) atoms. The number of aliphatic carboxylic acids is 1. The van der Waals surface area contributed by atoms with E-state index >= 15 is 0 Å². The topological polar surface area (TPSA) is 103 Å². The summed E-state index contributed by atoms with van der Waals surface area (Å²) in [4.78, 5) is 26.8. The second-order valence-corrected chi connectivity index (χ2v) is 4.22. The first-order valence-corrected chi connectivity index (χ1v) is 5.89. The van der Waals surface area contributed by atoms with Crippen molar-refractivity contribution in [2.75, 3.05) is 0 Å². The average molecular weight is 261 g/mol. The molecule has 0 aliphatic carbocycles. The monoisotopic (exact) mass is 261 g/mol. The molecule has 6 heteroatoms. The van der Waals surface area contributed by atoms with E-state index < -0.39 is 17.9 Å². The van der Waals surface area contributed by atoms with Crippen LogP contribution in [0.1, 0.15) is 36.3 Å². The molecule has 2 N–H and O–H groups in total. The molecule has 1 amide bonds. The van der Waals surface area contributed by atoms with Crippen molar-refractivity contribution < 1.29 is 14.7 Å². The molecule has 0 bridgehead atoms. The van der Waals surface area contributed by atoms with Crippen molar-refractivity contribution >= 4 is 11.9 Å². The Balaban J connectivity index is 2.82. The first-order chi connectivity index (χ1) is 8.99. The van der Waals surface area contributed by atoms with Gasteiger partial charge in [0.1, 0.15) is 17.8 Å². The summed E-state index contributed by atoms with van der Waals surface area (Å²) >= 11 is 0. The van der Waals surface area contributed by atoms with Crippen LogP contribution < -0.4 is 5.32 Å². The molecule has 2 atom stereocenters. The van der Waals surface area contributed by atoms with Gasteiger partial charge in [-0.15, -0.1) is 0 Å². The van der Waals surface area contributed by atoms with Gasteiger partial charge in [0.05, 0.1) is 5.56 Å². The lowest BCUT2D eigenvalue weighted by Gasteiger charge is -2.19. The zero-order valence-corrected chi connectivity index (χ0v) is 10.8. The first-order valence-electron chi connectivity index (χ1n) is 5.89. The number of carbonyl (C=O) groups excluding carboxylic acids is 1. The molecule has 1 heterocycles. The van der Waals surface area contributed by atoms with Gasteiger partial charge in [0.15, 0.2) is 0 Å². The van der Waals surface area contributed by atoms with Crippen molar-refractivity contribution in [3.8, 4) is 6.07 Å². The van der Waals surface area contributed by atoms with Crippen molar-refractivity contribution in [1.29, 1.82) is 5.26 Å². The van der Waals surface area contributed by atoms with Crippen molar-refractivity contribution in [3.05, 3.63) is 29.6 Å². The fourth-order valence-electron chi connectivity index (χ4n) is 1.49. The largest absolute Gasteiger partial charge is 0.480 e. The third-order valence-electron chi connectivity index (χ3n) is 2.89. The summed E-state index contributed by atoms with van der Waals surface area (Å²) in [6.45, 7) is 3.61. The van der Waals surface area contributed by atoms with Crippen molar-refractivity contribution in [2.24, 2.45) is 5.92 Å². The van der Waals surface area contributed by atoms with E-state index in [2.05, 4.69) is 10.3 Å². The number of carboxylic acid groups (broad SMARTS) is 1. The van der Waals surface area contributed by atoms with Crippen LogP contribution in [-0.4, -0.2) is 28.0 Å². The van der Waals surface area contributed by atoms with Gasteiger partial charge in [-0.25, -0.2) is 9.78 Å². The van der Waals surface area contributed by atoms with Crippen LogP contribution in [0.2, 0.25) is 0 Å². The van der Waals surface area contributed by atoms with E-state index in [1.165, 1.54) is 18.3 Å². The second kappa shape index (κ2) is 6.50. The van der Waals surface area contributed by atoms with Crippen LogP contribution in [0.3, 0.4) is 0 Å². The molecule has 0 spiro atoms. The van der Waals surface area contributed by atoms with Crippen molar-refractivity contribution in [2.45, 2.75) is 26.3 Å². The highest BCUT2D eigenvalue weighted by molar-refractivity contribution is 5.95. The standard InChI is InChI=1S/C13H15N3O3/c1-3-8(2)11(13(18)19)16-12(17)10-5-4-9(6-14)7-15-10/h4-5,7-8,11H,3H2,1-2H3,(H,16,17)(H,18,19). The maximum absolute atomic E-state index is 11.9. The number of rotatable bonds is 5. The number of carbonyl (C=O) groups is 2. The molecule has 6 nitrogen and oxygen atoms in total. The maximum atomic E-state index is 11.9. The summed E-state index contributed by atoms with van der Waals surface area (Å²) in [6, 6.07) is 3.79. The predicted molar refractivity (Wildman–Crippen MR) is 67.3 cm³/mol. The van der Waals surface area contributed by atoms with Crippen LogP contribution >= 0.6 is 0 Å². The lowest BCUT2D eigenvalue weighted by Crippen LogP contribution is -2.45.